The highest BCUT2D eigenvalue weighted by atomic mass is 32.2. The number of fused-ring (bicyclic) bond motifs is 4. The topological polar surface area (TPSA) is 246 Å². The van der Waals surface area contributed by atoms with Gasteiger partial charge in [-0.05, 0) is 24.3 Å². The molecule has 0 radical (unpaired) electrons. The molecule has 4 aromatic heterocycles. The first kappa shape index (κ1) is 43.4. The van der Waals surface area contributed by atoms with E-state index in [4.69, 9.17) is 35.0 Å². The van der Waals surface area contributed by atoms with Crippen molar-refractivity contribution in [3.05, 3.63) is 111 Å². The van der Waals surface area contributed by atoms with Crippen molar-refractivity contribution in [1.29, 1.82) is 5.26 Å². The third-order valence-corrected chi connectivity index (χ3v) is 14.4. The minimum Gasteiger partial charge on any atom is -0.463 e. The van der Waals surface area contributed by atoms with Crippen molar-refractivity contribution in [3.63, 3.8) is 0 Å². The van der Waals surface area contributed by atoms with Crippen molar-refractivity contribution < 1.29 is 57.2 Å². The maximum absolute atomic E-state index is 13.8. The van der Waals surface area contributed by atoms with E-state index < -0.39 is 47.5 Å². The van der Waals surface area contributed by atoms with Gasteiger partial charge in [-0.2, -0.15) is 5.26 Å². The number of benzene rings is 3. The van der Waals surface area contributed by atoms with E-state index in [1.54, 1.807) is 36.4 Å². The van der Waals surface area contributed by atoms with Crippen LogP contribution in [0.25, 0.3) is 24.6 Å². The molecular formula is C42H22N8O12S4. The Hall–Kier alpha value is -7.90. The highest BCUT2D eigenvalue weighted by Gasteiger charge is 2.41. The van der Waals surface area contributed by atoms with Crippen LogP contribution in [0.2, 0.25) is 0 Å². The molecule has 0 aliphatic carbocycles. The first-order valence-corrected chi connectivity index (χ1v) is 21.9. The van der Waals surface area contributed by atoms with Crippen LogP contribution in [0.5, 0.6) is 23.0 Å². The lowest BCUT2D eigenvalue weighted by Crippen LogP contribution is -2.17. The van der Waals surface area contributed by atoms with Gasteiger partial charge in [-0.15, -0.1) is 10.2 Å². The number of methoxy groups -OCH3 is 2. The number of para-hydroxylation sites is 2. The average Bonchev–Trinajstić information content (AvgIpc) is 4.16. The van der Waals surface area contributed by atoms with E-state index in [1.165, 1.54) is 38.1 Å². The van der Waals surface area contributed by atoms with Gasteiger partial charge in [0.2, 0.25) is 5.69 Å². The number of ether oxygens (including phenoxy) is 6. The molecule has 0 N–H and O–H groups in total. The van der Waals surface area contributed by atoms with Crippen LogP contribution in [0.3, 0.4) is 0 Å². The summed E-state index contributed by atoms with van der Waals surface area (Å²) in [4.78, 5) is 92.0. The summed E-state index contributed by atoms with van der Waals surface area (Å²) in [6.07, 6.45) is 0. The van der Waals surface area contributed by atoms with Crippen LogP contribution in [0.4, 0.5) is 5.69 Å². The Balaban J connectivity index is 1.26. The van der Waals surface area contributed by atoms with Crippen molar-refractivity contribution in [3.8, 4) is 29.1 Å². The Morgan fingerprint density at radius 2 is 1.02 bits per heavy atom. The van der Waals surface area contributed by atoms with Crippen molar-refractivity contribution >= 4 is 108 Å². The van der Waals surface area contributed by atoms with Crippen molar-refractivity contribution in [2.24, 2.45) is 0 Å². The second-order valence-electron chi connectivity index (χ2n) is 13.3. The van der Waals surface area contributed by atoms with E-state index >= 15 is 0 Å². The Morgan fingerprint density at radius 1 is 0.606 bits per heavy atom. The molecule has 0 saturated carbocycles. The molecule has 7 aromatic rings. The van der Waals surface area contributed by atoms with Crippen LogP contribution in [0.15, 0.2) is 80.2 Å². The fourth-order valence-corrected chi connectivity index (χ4v) is 12.1. The Bertz CT molecular complexity index is 3260. The van der Waals surface area contributed by atoms with Crippen molar-refractivity contribution in [1.82, 2.24) is 29.2 Å². The normalized spacial score (nSPS) is 12.6. The predicted octanol–water partition coefficient (Wildman–Crippen LogP) is 5.42. The summed E-state index contributed by atoms with van der Waals surface area (Å²) in [6, 6.07) is 18.2. The van der Waals surface area contributed by atoms with Gasteiger partial charge in [0, 0.05) is 13.8 Å². The first-order chi connectivity index (χ1) is 31.8. The van der Waals surface area contributed by atoms with Crippen LogP contribution in [0, 0.1) is 17.9 Å². The van der Waals surface area contributed by atoms with Gasteiger partial charge in [-0.1, -0.05) is 83.4 Å². The summed E-state index contributed by atoms with van der Waals surface area (Å²) in [5, 5.41) is 19.2. The third-order valence-electron chi connectivity index (χ3n) is 9.20. The molecule has 0 spiro atoms. The largest absolute Gasteiger partial charge is 0.463 e. The SMILES string of the molecule is [C-]#[N+]c1c(C(=O)Oc2ccccc2)c2nc(C(=O)OC)nn2c1=C1Sc2c(OC(C)=O)c3c(c(OC(C)=O)c2S1)SC(=c1c(C#N)c(C(=O)Oc2ccccc2)c2nc(C(=O)OC)nn12)S3. The van der Waals surface area contributed by atoms with Crippen LogP contribution in [-0.4, -0.2) is 79.2 Å². The van der Waals surface area contributed by atoms with E-state index in [1.807, 2.05) is 6.07 Å². The van der Waals surface area contributed by atoms with Crippen LogP contribution in [-0.2, 0) is 19.1 Å². The molecule has 66 heavy (non-hydrogen) atoms. The van der Waals surface area contributed by atoms with Gasteiger partial charge in [-0.3, -0.25) is 9.59 Å². The number of nitriles is 1. The van der Waals surface area contributed by atoms with E-state index in [2.05, 4.69) is 25.0 Å². The minimum absolute atomic E-state index is 0.0000179. The molecule has 0 atom stereocenters. The summed E-state index contributed by atoms with van der Waals surface area (Å²) >= 11 is 3.89. The smallest absolute Gasteiger partial charge is 0.377 e. The Kier molecular flexibility index (Phi) is 11.3. The molecule has 2 aliphatic rings. The number of thioether (sulfide) groups is 4. The van der Waals surface area contributed by atoms with Gasteiger partial charge in [0.05, 0.1) is 59.8 Å². The predicted molar refractivity (Wildman–Crippen MR) is 232 cm³/mol. The van der Waals surface area contributed by atoms with E-state index in [9.17, 15) is 34.0 Å². The number of carbonyl (C=O) groups excluding carboxylic acids is 6. The van der Waals surface area contributed by atoms with Crippen LogP contribution in [0.1, 0.15) is 61.4 Å². The fraction of sp³-hybridized carbons (Fsp3) is 0.0952. The first-order valence-electron chi connectivity index (χ1n) is 18.6. The summed E-state index contributed by atoms with van der Waals surface area (Å²) in [5.74, 6) is -5.92. The van der Waals surface area contributed by atoms with Gasteiger partial charge < -0.3 is 28.4 Å². The number of hydrogen-bond donors (Lipinski definition) is 0. The average molecular weight is 959 g/mol. The minimum atomic E-state index is -0.983. The molecule has 0 bridgehead atoms. The second-order valence-corrected chi connectivity index (χ2v) is 17.9. The summed E-state index contributed by atoms with van der Waals surface area (Å²) in [6.45, 7) is 10.6. The van der Waals surface area contributed by atoms with E-state index in [0.29, 0.717) is 0 Å². The number of nitrogens with zero attached hydrogens (tertiary/aromatic N) is 8. The van der Waals surface area contributed by atoms with Gasteiger partial charge in [0.1, 0.15) is 34.0 Å². The fourth-order valence-electron chi connectivity index (χ4n) is 6.61. The van der Waals surface area contributed by atoms with Crippen molar-refractivity contribution in [2.75, 3.05) is 14.2 Å². The van der Waals surface area contributed by atoms with Gasteiger partial charge in [-0.25, -0.2) is 43.0 Å². The number of carbonyl (C=O) groups is 6. The zero-order valence-corrected chi connectivity index (χ0v) is 37.1. The van der Waals surface area contributed by atoms with Gasteiger partial charge in [0.25, 0.3) is 11.6 Å². The van der Waals surface area contributed by atoms with Crippen molar-refractivity contribution in [2.45, 2.75) is 33.4 Å². The molecular weight excluding hydrogens is 937 g/mol. The highest BCUT2D eigenvalue weighted by Crippen LogP contribution is 2.68. The molecule has 2 aliphatic heterocycles. The molecule has 9 rings (SSSR count). The molecule has 0 unspecified atom stereocenters. The molecule has 3 aromatic carbocycles. The van der Waals surface area contributed by atoms with E-state index in [0.717, 1.165) is 70.3 Å². The van der Waals surface area contributed by atoms with Crippen LogP contribution >= 0.6 is 47.0 Å². The van der Waals surface area contributed by atoms with Gasteiger partial charge in [0.15, 0.2) is 22.8 Å². The number of aromatic nitrogens is 6. The quantitative estimate of drug-likeness (QED) is 0.105. The molecule has 0 amide bonds. The molecule has 0 saturated heterocycles. The zero-order valence-electron chi connectivity index (χ0n) is 33.9. The lowest BCUT2D eigenvalue weighted by molar-refractivity contribution is -0.133. The zero-order chi connectivity index (χ0) is 46.6. The monoisotopic (exact) mass is 958 g/mol. The maximum atomic E-state index is 13.8. The number of esters is 6. The Labute approximate surface area is 386 Å². The molecule has 0 fully saturated rings. The van der Waals surface area contributed by atoms with E-state index in [-0.39, 0.29) is 95.4 Å². The van der Waals surface area contributed by atoms with Gasteiger partial charge >= 0.3 is 35.8 Å². The summed E-state index contributed by atoms with van der Waals surface area (Å²) < 4.78 is 35.5. The number of hydrogen-bond acceptors (Lipinski definition) is 21. The standard InChI is InChI=1S/C42H22N8O12S4/c1-17(51)59-27-29-30(64-41(63-29)25-21(16-43)22(37(53)61-19-12-8-6-9-13-19)35-45-33(39(55)57-4)47-49(25)35)28(60-18(2)52)32-31(27)65-42(66-32)26-24(44-3)23(38(54)62-20-14-10-7-11-15-20)36-46-34(40(56)58-5)48-50(26)36/h6-15H,1-2,4-5H3. The number of rotatable bonds is 8. The van der Waals surface area contributed by atoms with Crippen LogP contribution < -0.4 is 29.6 Å². The third kappa shape index (κ3) is 7.36. The Morgan fingerprint density at radius 3 is 1.42 bits per heavy atom. The maximum Gasteiger partial charge on any atom is 0.377 e. The molecule has 326 valence electrons. The molecule has 6 heterocycles. The lowest BCUT2D eigenvalue weighted by Gasteiger charge is -2.15. The highest BCUT2D eigenvalue weighted by molar-refractivity contribution is 8.33. The summed E-state index contributed by atoms with van der Waals surface area (Å²) in [5.41, 5.74) is -1.50. The second kappa shape index (κ2) is 17.2. The molecule has 20 nitrogen and oxygen atoms in total. The lowest BCUT2D eigenvalue weighted by atomic mass is 10.2. The molecule has 24 heteroatoms. The summed E-state index contributed by atoms with van der Waals surface area (Å²) in [7, 11) is 2.24.